The molecule has 0 aliphatic carbocycles. The predicted molar refractivity (Wildman–Crippen MR) is 111 cm³/mol. The minimum absolute atomic E-state index is 0.115. The molecule has 1 atom stereocenters. The lowest BCUT2D eigenvalue weighted by Crippen LogP contribution is -2.42. The first-order valence-corrected chi connectivity index (χ1v) is 11.4. The standard InChI is InChI=1S/C21H29N3O4S/c25-15-16-4-1-7-23(14-16)19-18(17-5-2-13-29-17)20(26)24(21(19)27)8-3-6-22-9-11-28-12-10-22/h2,5,13,16,25H,1,3-4,6-12,14-15H2. The molecule has 1 aromatic heterocycles. The summed E-state index contributed by atoms with van der Waals surface area (Å²) < 4.78 is 5.38. The zero-order chi connectivity index (χ0) is 20.2. The Morgan fingerprint density at radius 1 is 1.14 bits per heavy atom. The molecule has 2 amide bonds. The molecule has 3 aliphatic rings. The van der Waals surface area contributed by atoms with E-state index in [1.54, 1.807) is 0 Å². The number of rotatable bonds is 7. The lowest BCUT2D eigenvalue weighted by molar-refractivity contribution is -0.137. The molecule has 1 unspecified atom stereocenters. The molecule has 3 aliphatic heterocycles. The van der Waals surface area contributed by atoms with Crippen LogP contribution in [-0.4, -0.2) is 90.7 Å². The summed E-state index contributed by atoms with van der Waals surface area (Å²) in [5.41, 5.74) is 1.07. The lowest BCUT2D eigenvalue weighted by Gasteiger charge is -2.34. The SMILES string of the molecule is O=C1C(c2cccs2)=C(N2CCCC(CO)C2)C(=O)N1CCCN1CCOCC1. The molecule has 29 heavy (non-hydrogen) atoms. The zero-order valence-corrected chi connectivity index (χ0v) is 17.5. The molecule has 4 rings (SSSR count). The number of nitrogens with zero attached hydrogens (tertiary/aromatic N) is 3. The van der Waals surface area contributed by atoms with E-state index >= 15 is 0 Å². The quantitative estimate of drug-likeness (QED) is 0.671. The number of piperidine rings is 1. The summed E-state index contributed by atoms with van der Waals surface area (Å²) >= 11 is 1.49. The Morgan fingerprint density at radius 2 is 1.97 bits per heavy atom. The Bertz CT molecular complexity index is 758. The molecule has 2 fully saturated rings. The number of morpholine rings is 1. The van der Waals surface area contributed by atoms with Gasteiger partial charge in [-0.2, -0.15) is 0 Å². The monoisotopic (exact) mass is 419 g/mol. The van der Waals surface area contributed by atoms with Crippen molar-refractivity contribution in [3.8, 4) is 0 Å². The van der Waals surface area contributed by atoms with Crippen LogP contribution in [0.4, 0.5) is 0 Å². The van der Waals surface area contributed by atoms with Crippen molar-refractivity contribution in [1.82, 2.24) is 14.7 Å². The van der Waals surface area contributed by atoms with Gasteiger partial charge in [-0.1, -0.05) is 6.07 Å². The van der Waals surface area contributed by atoms with E-state index < -0.39 is 0 Å². The summed E-state index contributed by atoms with van der Waals surface area (Å²) in [4.78, 5) is 33.2. The van der Waals surface area contributed by atoms with Gasteiger partial charge in [-0.3, -0.25) is 19.4 Å². The third-order valence-electron chi connectivity index (χ3n) is 5.96. The van der Waals surface area contributed by atoms with Crippen LogP contribution in [0.1, 0.15) is 24.1 Å². The molecule has 0 aromatic carbocycles. The molecule has 0 spiro atoms. The van der Waals surface area contributed by atoms with Crippen LogP contribution in [0.5, 0.6) is 0 Å². The summed E-state index contributed by atoms with van der Waals surface area (Å²) in [5, 5.41) is 11.5. The zero-order valence-electron chi connectivity index (χ0n) is 16.7. The smallest absolute Gasteiger partial charge is 0.277 e. The Labute approximate surface area is 175 Å². The highest BCUT2D eigenvalue weighted by molar-refractivity contribution is 7.11. The highest BCUT2D eigenvalue weighted by Crippen LogP contribution is 2.35. The second-order valence-electron chi connectivity index (χ2n) is 7.91. The first-order chi connectivity index (χ1) is 14.2. The van der Waals surface area contributed by atoms with Gasteiger partial charge in [0.15, 0.2) is 0 Å². The molecule has 7 nitrogen and oxygen atoms in total. The van der Waals surface area contributed by atoms with Crippen LogP contribution >= 0.6 is 11.3 Å². The van der Waals surface area contributed by atoms with Gasteiger partial charge in [0.2, 0.25) is 0 Å². The summed E-state index contributed by atoms with van der Waals surface area (Å²) in [7, 11) is 0. The maximum Gasteiger partial charge on any atom is 0.277 e. The summed E-state index contributed by atoms with van der Waals surface area (Å²) in [6.45, 7) is 6.09. The minimum Gasteiger partial charge on any atom is -0.396 e. The van der Waals surface area contributed by atoms with E-state index in [0.717, 1.165) is 63.5 Å². The van der Waals surface area contributed by atoms with Crippen molar-refractivity contribution in [3.63, 3.8) is 0 Å². The first-order valence-electron chi connectivity index (χ1n) is 10.5. The summed E-state index contributed by atoms with van der Waals surface area (Å²) in [6.07, 6.45) is 2.65. The topological polar surface area (TPSA) is 73.3 Å². The second-order valence-corrected chi connectivity index (χ2v) is 8.85. The van der Waals surface area contributed by atoms with Crippen molar-refractivity contribution in [2.75, 3.05) is 59.1 Å². The molecule has 1 N–H and O–H groups in total. The molecule has 8 heteroatoms. The van der Waals surface area contributed by atoms with Gasteiger partial charge in [-0.15, -0.1) is 11.3 Å². The number of imide groups is 1. The maximum absolute atomic E-state index is 13.3. The fourth-order valence-corrected chi connectivity index (χ4v) is 5.16. The average molecular weight is 420 g/mol. The number of aliphatic hydroxyl groups excluding tert-OH is 1. The van der Waals surface area contributed by atoms with Gasteiger partial charge in [-0.25, -0.2) is 0 Å². The Hall–Kier alpha value is -1.74. The summed E-state index contributed by atoms with van der Waals surface area (Å²) in [6, 6.07) is 3.83. The molecular weight excluding hydrogens is 390 g/mol. The van der Waals surface area contributed by atoms with Crippen molar-refractivity contribution >= 4 is 28.7 Å². The third kappa shape index (κ3) is 4.40. The van der Waals surface area contributed by atoms with Crippen LogP contribution in [0, 0.1) is 5.92 Å². The van der Waals surface area contributed by atoms with Crippen LogP contribution < -0.4 is 0 Å². The van der Waals surface area contributed by atoms with Crippen molar-refractivity contribution in [2.45, 2.75) is 19.3 Å². The fraction of sp³-hybridized carbons (Fsp3) is 0.619. The highest BCUT2D eigenvalue weighted by Gasteiger charge is 2.42. The van der Waals surface area contributed by atoms with Gasteiger partial charge < -0.3 is 14.7 Å². The molecule has 2 saturated heterocycles. The van der Waals surface area contributed by atoms with Crippen molar-refractivity contribution in [1.29, 1.82) is 0 Å². The van der Waals surface area contributed by atoms with Gasteiger partial charge in [-0.05, 0) is 36.6 Å². The Balaban J connectivity index is 1.50. The molecular formula is C21H29N3O4S. The number of thiophene rings is 1. The number of ether oxygens (including phenoxy) is 1. The van der Waals surface area contributed by atoms with E-state index in [0.29, 0.717) is 24.4 Å². The number of carbonyl (C=O) groups excluding carboxylic acids is 2. The van der Waals surface area contributed by atoms with E-state index in [2.05, 4.69) is 4.90 Å². The van der Waals surface area contributed by atoms with Crippen LogP contribution in [0.2, 0.25) is 0 Å². The maximum atomic E-state index is 13.3. The Morgan fingerprint density at radius 3 is 2.69 bits per heavy atom. The second kappa shape index (κ2) is 9.38. The molecule has 0 saturated carbocycles. The van der Waals surface area contributed by atoms with Crippen molar-refractivity contribution < 1.29 is 19.4 Å². The van der Waals surface area contributed by atoms with Crippen LogP contribution in [0.15, 0.2) is 23.2 Å². The van der Waals surface area contributed by atoms with Gasteiger partial charge in [0.05, 0.1) is 18.8 Å². The molecule has 0 radical (unpaired) electrons. The van der Waals surface area contributed by atoms with E-state index in [-0.39, 0.29) is 24.3 Å². The number of carbonyl (C=O) groups is 2. The Kier molecular flexibility index (Phi) is 6.64. The van der Waals surface area contributed by atoms with E-state index in [1.807, 2.05) is 22.4 Å². The average Bonchev–Trinajstić information content (AvgIpc) is 3.36. The van der Waals surface area contributed by atoms with Gasteiger partial charge in [0.1, 0.15) is 5.70 Å². The van der Waals surface area contributed by atoms with Gasteiger partial charge in [0.25, 0.3) is 11.8 Å². The van der Waals surface area contributed by atoms with Gasteiger partial charge >= 0.3 is 0 Å². The first kappa shape index (κ1) is 20.5. The molecule has 0 bridgehead atoms. The lowest BCUT2D eigenvalue weighted by atomic mass is 9.98. The van der Waals surface area contributed by atoms with Crippen molar-refractivity contribution in [3.05, 3.63) is 28.1 Å². The number of hydrogen-bond donors (Lipinski definition) is 1. The largest absolute Gasteiger partial charge is 0.396 e. The van der Waals surface area contributed by atoms with E-state index in [1.165, 1.54) is 16.2 Å². The third-order valence-corrected chi connectivity index (χ3v) is 6.85. The molecule has 4 heterocycles. The molecule has 158 valence electrons. The van der Waals surface area contributed by atoms with E-state index in [4.69, 9.17) is 4.74 Å². The number of likely N-dealkylation sites (tertiary alicyclic amines) is 1. The van der Waals surface area contributed by atoms with Crippen LogP contribution in [0.3, 0.4) is 0 Å². The highest BCUT2D eigenvalue weighted by atomic mass is 32.1. The summed E-state index contributed by atoms with van der Waals surface area (Å²) in [5.74, 6) is -0.210. The normalized spacial score (nSPS) is 24.1. The molecule has 1 aromatic rings. The number of hydrogen-bond acceptors (Lipinski definition) is 7. The fourth-order valence-electron chi connectivity index (χ4n) is 4.40. The van der Waals surface area contributed by atoms with E-state index in [9.17, 15) is 14.7 Å². The number of aliphatic hydroxyl groups is 1. The van der Waals surface area contributed by atoms with Crippen LogP contribution in [-0.2, 0) is 14.3 Å². The number of amides is 2. The minimum atomic E-state index is -0.182. The van der Waals surface area contributed by atoms with Crippen LogP contribution in [0.25, 0.3) is 5.57 Å². The predicted octanol–water partition coefficient (Wildman–Crippen LogP) is 1.25. The van der Waals surface area contributed by atoms with Crippen molar-refractivity contribution in [2.24, 2.45) is 5.92 Å². The van der Waals surface area contributed by atoms with Gasteiger partial charge in [0, 0.05) is 50.8 Å².